The quantitative estimate of drug-likeness (QED) is 0.930. The maximum atomic E-state index is 12.8. The highest BCUT2D eigenvalue weighted by Gasteiger charge is 2.32. The lowest BCUT2D eigenvalue weighted by atomic mass is 9.98. The number of piperidine rings is 1. The van der Waals surface area contributed by atoms with Crippen LogP contribution in [0.25, 0.3) is 0 Å². The van der Waals surface area contributed by atoms with E-state index in [9.17, 15) is 9.59 Å². The zero-order valence-corrected chi connectivity index (χ0v) is 13.8. The highest BCUT2D eigenvalue weighted by Crippen LogP contribution is 2.19. The molecule has 1 saturated heterocycles. The van der Waals surface area contributed by atoms with Crippen LogP contribution in [0.4, 0.5) is 0 Å². The highest BCUT2D eigenvalue weighted by atomic mass is 32.1. The van der Waals surface area contributed by atoms with Crippen LogP contribution in [0.3, 0.4) is 0 Å². The molecule has 0 aromatic carbocycles. The Morgan fingerprint density at radius 2 is 2.14 bits per heavy atom. The van der Waals surface area contributed by atoms with Crippen molar-refractivity contribution in [2.45, 2.75) is 52.1 Å². The summed E-state index contributed by atoms with van der Waals surface area (Å²) in [5.74, 6) is -0.0145. The lowest BCUT2D eigenvalue weighted by molar-refractivity contribution is -0.137. The van der Waals surface area contributed by atoms with E-state index in [1.54, 1.807) is 6.07 Å². The molecule has 2 heterocycles. The molecule has 2 atom stereocenters. The van der Waals surface area contributed by atoms with Gasteiger partial charge in [0.15, 0.2) is 0 Å². The Hall–Kier alpha value is -1.36. The standard InChI is InChI=1S/C16H24N2O2S/c1-11(2)14(17-15(19)13-8-6-10-21-13)16(20)18-9-5-4-7-12(18)3/h6,8,10-12,14H,4-5,7,9H2,1-3H3,(H,17,19). The lowest BCUT2D eigenvalue weighted by Crippen LogP contribution is -2.54. The molecule has 1 aromatic heterocycles. The molecule has 2 rings (SSSR count). The van der Waals surface area contributed by atoms with E-state index in [4.69, 9.17) is 0 Å². The van der Waals surface area contributed by atoms with Crippen LogP contribution in [0.5, 0.6) is 0 Å². The minimum absolute atomic E-state index is 0.0575. The van der Waals surface area contributed by atoms with Crippen LogP contribution in [0.2, 0.25) is 0 Å². The Balaban J connectivity index is 2.07. The summed E-state index contributed by atoms with van der Waals surface area (Å²) in [7, 11) is 0. The maximum absolute atomic E-state index is 12.8. The maximum Gasteiger partial charge on any atom is 0.262 e. The van der Waals surface area contributed by atoms with Gasteiger partial charge in [-0.3, -0.25) is 9.59 Å². The second-order valence-corrected chi connectivity index (χ2v) is 7.00. The van der Waals surface area contributed by atoms with Gasteiger partial charge in [0.05, 0.1) is 4.88 Å². The Labute approximate surface area is 130 Å². The third-order valence-corrected chi connectivity index (χ3v) is 4.92. The van der Waals surface area contributed by atoms with Crippen LogP contribution < -0.4 is 5.32 Å². The Bertz CT molecular complexity index is 484. The molecular formula is C16H24N2O2S. The van der Waals surface area contributed by atoms with Gasteiger partial charge in [-0.15, -0.1) is 11.3 Å². The van der Waals surface area contributed by atoms with Crippen molar-refractivity contribution in [3.63, 3.8) is 0 Å². The first kappa shape index (κ1) is 16.0. The van der Waals surface area contributed by atoms with Gasteiger partial charge in [0.1, 0.15) is 6.04 Å². The summed E-state index contributed by atoms with van der Waals surface area (Å²) in [4.78, 5) is 27.6. The molecule has 1 aliphatic heterocycles. The van der Waals surface area contributed by atoms with Gasteiger partial charge in [-0.1, -0.05) is 19.9 Å². The van der Waals surface area contributed by atoms with Gasteiger partial charge in [0.2, 0.25) is 5.91 Å². The second-order valence-electron chi connectivity index (χ2n) is 6.05. The summed E-state index contributed by atoms with van der Waals surface area (Å²) < 4.78 is 0. The van der Waals surface area contributed by atoms with Crippen molar-refractivity contribution in [3.8, 4) is 0 Å². The van der Waals surface area contributed by atoms with E-state index in [1.807, 2.05) is 30.2 Å². The average Bonchev–Trinajstić information content (AvgIpc) is 2.98. The summed E-state index contributed by atoms with van der Waals surface area (Å²) in [6.07, 6.45) is 3.29. The van der Waals surface area contributed by atoms with Gasteiger partial charge >= 0.3 is 0 Å². The van der Waals surface area contributed by atoms with Crippen LogP contribution in [-0.2, 0) is 4.79 Å². The molecule has 1 N–H and O–H groups in total. The molecule has 5 heteroatoms. The average molecular weight is 308 g/mol. The van der Waals surface area contributed by atoms with Crippen molar-refractivity contribution < 1.29 is 9.59 Å². The molecule has 2 amide bonds. The minimum atomic E-state index is -0.444. The first-order valence-electron chi connectivity index (χ1n) is 7.65. The van der Waals surface area contributed by atoms with Crippen LogP contribution in [0.1, 0.15) is 49.7 Å². The summed E-state index contributed by atoms with van der Waals surface area (Å²) in [6, 6.07) is 3.45. The van der Waals surface area contributed by atoms with Gasteiger partial charge in [-0.2, -0.15) is 0 Å². The van der Waals surface area contributed by atoms with Crippen molar-refractivity contribution >= 4 is 23.2 Å². The molecule has 0 saturated carbocycles. The largest absolute Gasteiger partial charge is 0.339 e. The van der Waals surface area contributed by atoms with E-state index in [0.717, 1.165) is 19.4 Å². The fraction of sp³-hybridized carbons (Fsp3) is 0.625. The number of hydrogen-bond acceptors (Lipinski definition) is 3. The normalized spacial score (nSPS) is 20.4. The molecule has 0 radical (unpaired) electrons. The topological polar surface area (TPSA) is 49.4 Å². The van der Waals surface area contributed by atoms with Crippen LogP contribution in [0.15, 0.2) is 17.5 Å². The van der Waals surface area contributed by atoms with Crippen molar-refractivity contribution in [3.05, 3.63) is 22.4 Å². The molecular weight excluding hydrogens is 284 g/mol. The summed E-state index contributed by atoms with van der Waals surface area (Å²) in [5, 5.41) is 4.79. The number of amides is 2. The second kappa shape index (κ2) is 7.07. The number of nitrogens with one attached hydrogen (secondary N) is 1. The number of carbonyl (C=O) groups excluding carboxylic acids is 2. The van der Waals surface area contributed by atoms with Crippen molar-refractivity contribution in [2.75, 3.05) is 6.54 Å². The molecule has 116 valence electrons. The fourth-order valence-electron chi connectivity index (χ4n) is 2.74. The molecule has 0 bridgehead atoms. The fourth-order valence-corrected chi connectivity index (χ4v) is 3.36. The van der Waals surface area contributed by atoms with Gasteiger partial charge in [0, 0.05) is 12.6 Å². The van der Waals surface area contributed by atoms with Crippen LogP contribution in [0, 0.1) is 5.92 Å². The molecule has 21 heavy (non-hydrogen) atoms. The number of nitrogens with zero attached hydrogens (tertiary/aromatic N) is 1. The van der Waals surface area contributed by atoms with Gasteiger partial charge in [-0.05, 0) is 43.6 Å². The molecule has 0 aliphatic carbocycles. The van der Waals surface area contributed by atoms with Gasteiger partial charge in [0.25, 0.3) is 5.91 Å². The zero-order chi connectivity index (χ0) is 15.4. The number of rotatable bonds is 4. The number of thiophene rings is 1. The van der Waals surface area contributed by atoms with E-state index in [-0.39, 0.29) is 23.8 Å². The van der Waals surface area contributed by atoms with E-state index < -0.39 is 6.04 Å². The lowest BCUT2D eigenvalue weighted by Gasteiger charge is -2.37. The molecule has 0 spiro atoms. The van der Waals surface area contributed by atoms with E-state index in [0.29, 0.717) is 4.88 Å². The molecule has 1 aromatic rings. The third-order valence-electron chi connectivity index (χ3n) is 4.05. The van der Waals surface area contributed by atoms with E-state index in [1.165, 1.54) is 17.8 Å². The predicted octanol–water partition coefficient (Wildman–Crippen LogP) is 2.90. The summed E-state index contributed by atoms with van der Waals surface area (Å²) in [5.41, 5.74) is 0. The highest BCUT2D eigenvalue weighted by molar-refractivity contribution is 7.12. The first-order valence-corrected chi connectivity index (χ1v) is 8.53. The van der Waals surface area contributed by atoms with Crippen LogP contribution in [-0.4, -0.2) is 35.3 Å². The zero-order valence-electron chi connectivity index (χ0n) is 13.0. The van der Waals surface area contributed by atoms with Crippen molar-refractivity contribution in [2.24, 2.45) is 5.92 Å². The van der Waals surface area contributed by atoms with E-state index in [2.05, 4.69) is 12.2 Å². The summed E-state index contributed by atoms with van der Waals surface area (Å²) >= 11 is 1.40. The first-order chi connectivity index (χ1) is 10.0. The third kappa shape index (κ3) is 3.84. The monoisotopic (exact) mass is 308 g/mol. The molecule has 1 fully saturated rings. The summed E-state index contributed by atoms with van der Waals surface area (Å²) in [6.45, 7) is 6.85. The predicted molar refractivity (Wildman–Crippen MR) is 85.4 cm³/mol. The van der Waals surface area contributed by atoms with Gasteiger partial charge in [-0.25, -0.2) is 0 Å². The number of likely N-dealkylation sites (tertiary alicyclic amines) is 1. The Morgan fingerprint density at radius 3 is 2.71 bits per heavy atom. The molecule has 4 nitrogen and oxygen atoms in total. The molecule has 2 unspecified atom stereocenters. The smallest absolute Gasteiger partial charge is 0.262 e. The van der Waals surface area contributed by atoms with E-state index >= 15 is 0 Å². The Kier molecular flexibility index (Phi) is 5.39. The number of carbonyl (C=O) groups is 2. The van der Waals surface area contributed by atoms with Crippen molar-refractivity contribution in [1.29, 1.82) is 0 Å². The SMILES string of the molecule is CC(C)C(NC(=O)c1cccs1)C(=O)N1CCCCC1C. The van der Waals surface area contributed by atoms with Crippen molar-refractivity contribution in [1.82, 2.24) is 10.2 Å². The van der Waals surface area contributed by atoms with Gasteiger partial charge < -0.3 is 10.2 Å². The number of hydrogen-bond donors (Lipinski definition) is 1. The molecule has 1 aliphatic rings. The van der Waals surface area contributed by atoms with Crippen LogP contribution >= 0.6 is 11.3 Å². The Morgan fingerprint density at radius 1 is 1.38 bits per heavy atom. The minimum Gasteiger partial charge on any atom is -0.339 e.